The van der Waals surface area contributed by atoms with Gasteiger partial charge in [0.25, 0.3) is 5.91 Å². The summed E-state index contributed by atoms with van der Waals surface area (Å²) >= 11 is 0. The number of hydrogen-bond donors (Lipinski definition) is 0. The first-order valence-electron chi connectivity index (χ1n) is 12.2. The van der Waals surface area contributed by atoms with Crippen molar-refractivity contribution >= 4 is 15.7 Å². The molecule has 1 aromatic heterocycles. The summed E-state index contributed by atoms with van der Waals surface area (Å²) in [6, 6.07) is 18.4. The zero-order valence-corrected chi connectivity index (χ0v) is 21.7. The van der Waals surface area contributed by atoms with Crippen LogP contribution in [-0.4, -0.2) is 68.2 Å². The summed E-state index contributed by atoms with van der Waals surface area (Å²) in [5.41, 5.74) is 2.75. The molecule has 1 amide bonds. The van der Waals surface area contributed by atoms with E-state index in [0.717, 1.165) is 50.2 Å². The molecule has 0 bridgehead atoms. The molecule has 0 spiro atoms. The number of likely N-dealkylation sites (tertiary alicyclic amines) is 1. The number of amides is 1. The Kier molecular flexibility index (Phi) is 8.38. The zero-order chi connectivity index (χ0) is 25.5. The van der Waals surface area contributed by atoms with E-state index in [9.17, 15) is 13.2 Å². The third-order valence-electron chi connectivity index (χ3n) is 6.74. The lowest BCUT2D eigenvalue weighted by Crippen LogP contribution is -2.47. The predicted octanol–water partition coefficient (Wildman–Crippen LogP) is 3.84. The fourth-order valence-corrected chi connectivity index (χ4v) is 5.23. The molecule has 0 atom stereocenters. The van der Waals surface area contributed by atoms with Crippen molar-refractivity contribution in [1.29, 1.82) is 0 Å². The molecule has 0 unspecified atom stereocenters. The molecule has 2 aromatic carbocycles. The molecule has 4 rings (SSSR count). The number of methoxy groups -OCH3 is 1. The van der Waals surface area contributed by atoms with Crippen LogP contribution in [0.3, 0.4) is 0 Å². The summed E-state index contributed by atoms with van der Waals surface area (Å²) in [6.07, 6.45) is 7.42. The number of pyridine rings is 1. The Morgan fingerprint density at radius 1 is 1.03 bits per heavy atom. The minimum atomic E-state index is -3.31. The van der Waals surface area contributed by atoms with Gasteiger partial charge in [-0.25, -0.2) is 8.42 Å². The standard InChI is InChI=1S/C28H33N3O4S/c1-35-26-9-5-22(6-10-26)13-17-30-18-14-25(15-19-30)31(21-23-4-3-16-29-20-23)28(32)24-7-11-27(12-8-24)36(2,33)34/h3-12,16,20,25H,13-15,17-19,21H2,1-2H3. The van der Waals surface area contributed by atoms with Gasteiger partial charge in [-0.05, 0) is 72.9 Å². The number of carbonyl (C=O) groups excluding carboxylic acids is 1. The first-order valence-corrected chi connectivity index (χ1v) is 14.1. The van der Waals surface area contributed by atoms with E-state index in [1.165, 1.54) is 24.0 Å². The number of rotatable bonds is 9. The largest absolute Gasteiger partial charge is 0.497 e. The molecular formula is C28H33N3O4S. The molecule has 1 aliphatic heterocycles. The average molecular weight is 508 g/mol. The van der Waals surface area contributed by atoms with Gasteiger partial charge in [-0.1, -0.05) is 18.2 Å². The van der Waals surface area contributed by atoms with Crippen LogP contribution < -0.4 is 4.74 Å². The van der Waals surface area contributed by atoms with E-state index in [-0.39, 0.29) is 16.8 Å². The van der Waals surface area contributed by atoms with Crippen molar-refractivity contribution < 1.29 is 17.9 Å². The second kappa shape index (κ2) is 11.7. The van der Waals surface area contributed by atoms with Crippen LogP contribution in [0, 0.1) is 0 Å². The molecule has 190 valence electrons. The van der Waals surface area contributed by atoms with Gasteiger partial charge in [0.1, 0.15) is 5.75 Å². The highest BCUT2D eigenvalue weighted by Crippen LogP contribution is 2.23. The van der Waals surface area contributed by atoms with Crippen molar-refractivity contribution in [2.24, 2.45) is 0 Å². The molecular weight excluding hydrogens is 474 g/mol. The quantitative estimate of drug-likeness (QED) is 0.438. The number of benzene rings is 2. The van der Waals surface area contributed by atoms with E-state index >= 15 is 0 Å². The highest BCUT2D eigenvalue weighted by molar-refractivity contribution is 7.90. The molecule has 0 radical (unpaired) electrons. The Morgan fingerprint density at radius 2 is 1.72 bits per heavy atom. The molecule has 2 heterocycles. The lowest BCUT2D eigenvalue weighted by molar-refractivity contribution is 0.0550. The second-order valence-electron chi connectivity index (χ2n) is 9.26. The average Bonchev–Trinajstić information content (AvgIpc) is 2.91. The van der Waals surface area contributed by atoms with Crippen LogP contribution in [0.25, 0.3) is 0 Å². The Labute approximate surface area is 213 Å². The summed E-state index contributed by atoms with van der Waals surface area (Å²) in [5, 5.41) is 0. The van der Waals surface area contributed by atoms with Gasteiger partial charge in [-0.2, -0.15) is 0 Å². The lowest BCUT2D eigenvalue weighted by atomic mass is 10.0. The number of aromatic nitrogens is 1. The molecule has 1 aliphatic rings. The normalized spacial score (nSPS) is 14.9. The van der Waals surface area contributed by atoms with E-state index < -0.39 is 9.84 Å². The van der Waals surface area contributed by atoms with Gasteiger partial charge < -0.3 is 14.5 Å². The number of carbonyl (C=O) groups is 1. The minimum absolute atomic E-state index is 0.0874. The fraction of sp³-hybridized carbons (Fsp3) is 0.357. The highest BCUT2D eigenvalue weighted by Gasteiger charge is 2.29. The predicted molar refractivity (Wildman–Crippen MR) is 140 cm³/mol. The zero-order valence-electron chi connectivity index (χ0n) is 20.8. The van der Waals surface area contributed by atoms with Crippen molar-refractivity contribution in [3.05, 3.63) is 89.7 Å². The second-order valence-corrected chi connectivity index (χ2v) is 11.3. The maximum absolute atomic E-state index is 13.6. The van der Waals surface area contributed by atoms with Crippen molar-refractivity contribution in [1.82, 2.24) is 14.8 Å². The first kappa shape index (κ1) is 25.9. The van der Waals surface area contributed by atoms with Crippen LogP contribution in [-0.2, 0) is 22.8 Å². The maximum Gasteiger partial charge on any atom is 0.254 e. The van der Waals surface area contributed by atoms with Gasteiger partial charge in [-0.15, -0.1) is 0 Å². The third-order valence-corrected chi connectivity index (χ3v) is 7.87. The first-order chi connectivity index (χ1) is 17.3. The number of sulfone groups is 1. The SMILES string of the molecule is COc1ccc(CCN2CCC(N(Cc3cccnc3)C(=O)c3ccc(S(C)(=O)=O)cc3)CC2)cc1. The van der Waals surface area contributed by atoms with E-state index in [0.29, 0.717) is 12.1 Å². The van der Waals surface area contributed by atoms with E-state index in [2.05, 4.69) is 22.0 Å². The molecule has 0 saturated carbocycles. The Hall–Kier alpha value is -3.23. The molecule has 0 aliphatic carbocycles. The van der Waals surface area contributed by atoms with Crippen molar-refractivity contribution in [2.45, 2.75) is 36.7 Å². The van der Waals surface area contributed by atoms with Crippen LogP contribution in [0.5, 0.6) is 5.75 Å². The molecule has 1 saturated heterocycles. The molecule has 8 heteroatoms. The maximum atomic E-state index is 13.6. The minimum Gasteiger partial charge on any atom is -0.497 e. The van der Waals surface area contributed by atoms with Gasteiger partial charge >= 0.3 is 0 Å². The van der Waals surface area contributed by atoms with Crippen molar-refractivity contribution in [3.63, 3.8) is 0 Å². The lowest BCUT2D eigenvalue weighted by Gasteiger charge is -2.38. The van der Waals surface area contributed by atoms with Gasteiger partial charge in [0.15, 0.2) is 9.84 Å². The number of nitrogens with zero attached hydrogens (tertiary/aromatic N) is 3. The van der Waals surface area contributed by atoms with E-state index in [1.54, 1.807) is 31.6 Å². The molecule has 1 fully saturated rings. The van der Waals surface area contributed by atoms with Gasteiger partial charge in [0.05, 0.1) is 12.0 Å². The molecule has 3 aromatic rings. The van der Waals surface area contributed by atoms with Crippen LogP contribution in [0.2, 0.25) is 0 Å². The van der Waals surface area contributed by atoms with E-state index in [4.69, 9.17) is 4.74 Å². The summed E-state index contributed by atoms with van der Waals surface area (Å²) in [4.78, 5) is 22.4. The van der Waals surface area contributed by atoms with Crippen LogP contribution in [0.4, 0.5) is 0 Å². The Bertz CT molecular complexity index is 1240. The van der Waals surface area contributed by atoms with Gasteiger partial charge in [0, 0.05) is 56.4 Å². The monoisotopic (exact) mass is 507 g/mol. The summed E-state index contributed by atoms with van der Waals surface area (Å²) < 4.78 is 28.9. The molecule has 36 heavy (non-hydrogen) atoms. The number of piperidine rings is 1. The smallest absolute Gasteiger partial charge is 0.254 e. The molecule has 0 N–H and O–H groups in total. The molecule has 7 nitrogen and oxygen atoms in total. The summed E-state index contributed by atoms with van der Waals surface area (Å²) in [6.45, 7) is 3.29. The fourth-order valence-electron chi connectivity index (χ4n) is 4.60. The van der Waals surface area contributed by atoms with Crippen LogP contribution >= 0.6 is 0 Å². The summed E-state index contributed by atoms with van der Waals surface area (Å²) in [7, 11) is -1.64. The van der Waals surface area contributed by atoms with Gasteiger partial charge in [-0.3, -0.25) is 9.78 Å². The van der Waals surface area contributed by atoms with Crippen LogP contribution in [0.15, 0.2) is 78.0 Å². The Morgan fingerprint density at radius 3 is 2.31 bits per heavy atom. The van der Waals surface area contributed by atoms with Gasteiger partial charge in [0.2, 0.25) is 0 Å². The number of hydrogen-bond acceptors (Lipinski definition) is 6. The Balaban J connectivity index is 1.42. The van der Waals surface area contributed by atoms with Crippen molar-refractivity contribution in [2.75, 3.05) is 33.0 Å². The summed E-state index contributed by atoms with van der Waals surface area (Å²) in [5.74, 6) is 0.777. The third kappa shape index (κ3) is 6.71. The van der Waals surface area contributed by atoms with Crippen LogP contribution in [0.1, 0.15) is 34.3 Å². The van der Waals surface area contributed by atoms with E-state index in [1.807, 2.05) is 29.2 Å². The van der Waals surface area contributed by atoms with Crippen molar-refractivity contribution in [3.8, 4) is 5.75 Å². The topological polar surface area (TPSA) is 79.8 Å². The number of ether oxygens (including phenoxy) is 1. The highest BCUT2D eigenvalue weighted by atomic mass is 32.2.